The van der Waals surface area contributed by atoms with Crippen molar-refractivity contribution in [1.82, 2.24) is 5.32 Å². The fourth-order valence-corrected chi connectivity index (χ4v) is 2.82. The minimum absolute atomic E-state index is 0.0387. The van der Waals surface area contributed by atoms with E-state index in [2.05, 4.69) is 22.8 Å². The van der Waals surface area contributed by atoms with Gasteiger partial charge in [0.05, 0.1) is 12.6 Å². The molecule has 0 aliphatic heterocycles. The van der Waals surface area contributed by atoms with E-state index in [0.29, 0.717) is 6.04 Å². The number of para-hydroxylation sites is 1. The van der Waals surface area contributed by atoms with Crippen molar-refractivity contribution in [2.24, 2.45) is 0 Å². The summed E-state index contributed by atoms with van der Waals surface area (Å²) in [7, 11) is 1.92. The average Bonchev–Trinajstić information content (AvgIpc) is 2.46. The first-order valence-electron chi connectivity index (χ1n) is 6.98. The molecule has 1 aromatic carbocycles. The Labute approximate surface area is 110 Å². The molecule has 100 valence electrons. The second-order valence-electron chi connectivity index (χ2n) is 5.07. The predicted molar refractivity (Wildman–Crippen MR) is 75.8 cm³/mol. The Bertz CT molecular complexity index is 361. The van der Waals surface area contributed by atoms with Crippen LogP contribution in [-0.4, -0.2) is 24.8 Å². The van der Waals surface area contributed by atoms with Crippen molar-refractivity contribution in [2.45, 2.75) is 44.2 Å². The van der Waals surface area contributed by atoms with Crippen molar-refractivity contribution < 1.29 is 5.11 Å². The van der Waals surface area contributed by atoms with Gasteiger partial charge in [-0.3, -0.25) is 0 Å². The van der Waals surface area contributed by atoms with Gasteiger partial charge in [0.15, 0.2) is 0 Å². The molecule has 1 saturated carbocycles. The molecule has 0 spiro atoms. The summed E-state index contributed by atoms with van der Waals surface area (Å²) in [5.41, 5.74) is 2.26. The minimum Gasteiger partial charge on any atom is -0.394 e. The van der Waals surface area contributed by atoms with Gasteiger partial charge in [0.25, 0.3) is 0 Å². The van der Waals surface area contributed by atoms with E-state index < -0.39 is 0 Å². The molecule has 0 heterocycles. The number of aliphatic hydroxyl groups excluding tert-OH is 1. The summed E-state index contributed by atoms with van der Waals surface area (Å²) in [5, 5.41) is 16.4. The summed E-state index contributed by atoms with van der Waals surface area (Å²) < 4.78 is 0. The summed E-state index contributed by atoms with van der Waals surface area (Å²) >= 11 is 0. The highest BCUT2D eigenvalue weighted by Crippen LogP contribution is 2.25. The molecule has 3 heteroatoms. The molecule has 0 saturated heterocycles. The van der Waals surface area contributed by atoms with Crippen molar-refractivity contribution in [3.8, 4) is 0 Å². The third kappa shape index (κ3) is 3.24. The summed E-state index contributed by atoms with van der Waals surface area (Å²) in [6.45, 7) is 0.148. The van der Waals surface area contributed by atoms with Crippen molar-refractivity contribution in [3.63, 3.8) is 0 Å². The van der Waals surface area contributed by atoms with Crippen LogP contribution >= 0.6 is 0 Å². The first-order chi connectivity index (χ1) is 8.85. The Kier molecular flexibility index (Phi) is 5.02. The van der Waals surface area contributed by atoms with Gasteiger partial charge < -0.3 is 15.7 Å². The van der Waals surface area contributed by atoms with Gasteiger partial charge in [-0.2, -0.15) is 0 Å². The molecule has 1 fully saturated rings. The van der Waals surface area contributed by atoms with Crippen LogP contribution in [0, 0.1) is 0 Å². The van der Waals surface area contributed by atoms with Crippen LogP contribution in [0.15, 0.2) is 24.3 Å². The fourth-order valence-electron chi connectivity index (χ4n) is 2.82. The van der Waals surface area contributed by atoms with Crippen molar-refractivity contribution in [2.75, 3.05) is 19.0 Å². The van der Waals surface area contributed by atoms with Gasteiger partial charge in [-0.15, -0.1) is 0 Å². The number of hydrogen-bond acceptors (Lipinski definition) is 3. The Morgan fingerprint density at radius 3 is 2.61 bits per heavy atom. The summed E-state index contributed by atoms with van der Waals surface area (Å²) in [6.07, 6.45) is 6.44. The van der Waals surface area contributed by atoms with E-state index in [-0.39, 0.29) is 12.6 Å². The largest absolute Gasteiger partial charge is 0.394 e. The van der Waals surface area contributed by atoms with Crippen LogP contribution in [-0.2, 0) is 0 Å². The van der Waals surface area contributed by atoms with Crippen molar-refractivity contribution >= 4 is 5.69 Å². The van der Waals surface area contributed by atoms with Crippen LogP contribution < -0.4 is 10.6 Å². The van der Waals surface area contributed by atoms with E-state index in [1.807, 2.05) is 19.2 Å². The predicted octanol–water partition coefficient (Wildman–Crippen LogP) is 2.68. The van der Waals surface area contributed by atoms with Gasteiger partial charge in [0.1, 0.15) is 0 Å². The molecule has 3 nitrogen and oxygen atoms in total. The van der Waals surface area contributed by atoms with E-state index in [1.54, 1.807) is 0 Å². The molecule has 1 aromatic rings. The van der Waals surface area contributed by atoms with Crippen LogP contribution in [0.3, 0.4) is 0 Å². The average molecular weight is 248 g/mol. The third-order valence-electron chi connectivity index (χ3n) is 3.83. The second-order valence-corrected chi connectivity index (χ2v) is 5.07. The normalized spacial score (nSPS) is 18.6. The Hall–Kier alpha value is -1.06. The number of aliphatic hydroxyl groups is 1. The zero-order valence-electron chi connectivity index (χ0n) is 11.2. The summed E-state index contributed by atoms with van der Waals surface area (Å²) in [6, 6.07) is 8.78. The lowest BCUT2D eigenvalue weighted by Crippen LogP contribution is -2.36. The lowest BCUT2D eigenvalue weighted by Gasteiger charge is -2.28. The van der Waals surface area contributed by atoms with Gasteiger partial charge in [-0.25, -0.2) is 0 Å². The van der Waals surface area contributed by atoms with E-state index in [0.717, 1.165) is 11.3 Å². The van der Waals surface area contributed by atoms with E-state index in [1.165, 1.54) is 32.1 Å². The van der Waals surface area contributed by atoms with Gasteiger partial charge in [0.2, 0.25) is 0 Å². The Morgan fingerprint density at radius 2 is 1.94 bits per heavy atom. The zero-order chi connectivity index (χ0) is 12.8. The molecule has 1 aliphatic rings. The SMILES string of the molecule is CNc1ccccc1C(CO)NC1CCCCC1. The van der Waals surface area contributed by atoms with Crippen LogP contribution in [0.1, 0.15) is 43.7 Å². The molecule has 0 bridgehead atoms. The fraction of sp³-hybridized carbons (Fsp3) is 0.600. The molecule has 3 N–H and O–H groups in total. The van der Waals surface area contributed by atoms with E-state index in [4.69, 9.17) is 0 Å². The molecule has 1 aliphatic carbocycles. The lowest BCUT2D eigenvalue weighted by molar-refractivity contribution is 0.220. The number of hydrogen-bond donors (Lipinski definition) is 3. The number of anilines is 1. The number of nitrogens with one attached hydrogen (secondary N) is 2. The van der Waals surface area contributed by atoms with Crippen LogP contribution in [0.5, 0.6) is 0 Å². The summed E-state index contributed by atoms with van der Waals surface area (Å²) in [4.78, 5) is 0. The maximum atomic E-state index is 9.64. The molecular formula is C15H24N2O. The van der Waals surface area contributed by atoms with Gasteiger partial charge in [-0.05, 0) is 24.5 Å². The second kappa shape index (κ2) is 6.76. The maximum Gasteiger partial charge on any atom is 0.0627 e. The summed E-state index contributed by atoms with van der Waals surface area (Å²) in [5.74, 6) is 0. The molecule has 0 amide bonds. The van der Waals surface area contributed by atoms with Gasteiger partial charge >= 0.3 is 0 Å². The Morgan fingerprint density at radius 1 is 1.22 bits per heavy atom. The standard InChI is InChI=1S/C15H24N2O/c1-16-14-10-6-5-9-13(14)15(11-18)17-12-7-3-2-4-8-12/h5-6,9-10,12,15-18H,2-4,7-8,11H2,1H3. The highest BCUT2D eigenvalue weighted by atomic mass is 16.3. The highest BCUT2D eigenvalue weighted by Gasteiger charge is 2.20. The topological polar surface area (TPSA) is 44.3 Å². The molecule has 1 unspecified atom stereocenters. The molecule has 2 rings (SSSR count). The van der Waals surface area contributed by atoms with Crippen molar-refractivity contribution in [3.05, 3.63) is 29.8 Å². The first kappa shape index (κ1) is 13.4. The monoisotopic (exact) mass is 248 g/mol. The highest BCUT2D eigenvalue weighted by molar-refractivity contribution is 5.52. The number of benzene rings is 1. The molecule has 18 heavy (non-hydrogen) atoms. The van der Waals surface area contributed by atoms with Crippen LogP contribution in [0.25, 0.3) is 0 Å². The zero-order valence-corrected chi connectivity index (χ0v) is 11.2. The van der Waals surface area contributed by atoms with Crippen LogP contribution in [0.4, 0.5) is 5.69 Å². The maximum absolute atomic E-state index is 9.64. The smallest absolute Gasteiger partial charge is 0.0627 e. The third-order valence-corrected chi connectivity index (χ3v) is 3.83. The molecule has 0 aromatic heterocycles. The lowest BCUT2D eigenvalue weighted by atomic mass is 9.94. The molecular weight excluding hydrogens is 224 g/mol. The Balaban J connectivity index is 2.07. The molecule has 1 atom stereocenters. The van der Waals surface area contributed by atoms with Gasteiger partial charge in [0, 0.05) is 18.8 Å². The first-order valence-corrected chi connectivity index (χ1v) is 6.98. The minimum atomic E-state index is 0.0387. The van der Waals surface area contributed by atoms with Gasteiger partial charge in [-0.1, -0.05) is 37.5 Å². The number of rotatable bonds is 5. The van der Waals surface area contributed by atoms with E-state index >= 15 is 0 Å². The molecule has 0 radical (unpaired) electrons. The van der Waals surface area contributed by atoms with E-state index in [9.17, 15) is 5.11 Å². The van der Waals surface area contributed by atoms with Crippen molar-refractivity contribution in [1.29, 1.82) is 0 Å². The quantitative estimate of drug-likeness (QED) is 0.750. The van der Waals surface area contributed by atoms with Crippen LogP contribution in [0.2, 0.25) is 0 Å².